The van der Waals surface area contributed by atoms with Gasteiger partial charge in [0, 0.05) is 18.0 Å². The van der Waals surface area contributed by atoms with E-state index in [9.17, 15) is 14.7 Å². The quantitative estimate of drug-likeness (QED) is 0.535. The smallest absolute Gasteiger partial charge is 0.268 e. The van der Waals surface area contributed by atoms with Crippen LogP contribution in [-0.4, -0.2) is 21.5 Å². The number of anilines is 1. The summed E-state index contributed by atoms with van der Waals surface area (Å²) in [6.07, 6.45) is 0. The van der Waals surface area contributed by atoms with Crippen LogP contribution in [0, 0.1) is 0 Å². The van der Waals surface area contributed by atoms with Crippen molar-refractivity contribution in [2.24, 2.45) is 7.05 Å². The predicted molar refractivity (Wildman–Crippen MR) is 99.7 cm³/mol. The van der Waals surface area contributed by atoms with Gasteiger partial charge in [0.1, 0.15) is 5.75 Å². The standard InChI is InChI=1S/C21H14N2O3/c1-22-15-10-6-5-9-13(15)17-16(24)11-14-18(19(17)22)21(26)23(20(14)25)12-7-3-2-4-8-12/h2-11,24H,1H3. The largest absolute Gasteiger partial charge is 0.507 e. The molecule has 0 atom stereocenters. The van der Waals surface area contributed by atoms with Crippen LogP contribution in [0.3, 0.4) is 0 Å². The van der Waals surface area contributed by atoms with Crippen molar-refractivity contribution in [3.8, 4) is 5.75 Å². The minimum absolute atomic E-state index is 0.00612. The van der Waals surface area contributed by atoms with Gasteiger partial charge in [-0.05, 0) is 24.3 Å². The van der Waals surface area contributed by atoms with E-state index in [0.29, 0.717) is 22.2 Å². The maximum atomic E-state index is 13.2. The van der Waals surface area contributed by atoms with E-state index in [1.807, 2.05) is 41.9 Å². The van der Waals surface area contributed by atoms with E-state index < -0.39 is 5.91 Å². The third-order valence-corrected chi connectivity index (χ3v) is 5.02. The zero-order valence-electron chi connectivity index (χ0n) is 13.9. The number of para-hydroxylation sites is 2. The third-order valence-electron chi connectivity index (χ3n) is 5.02. The summed E-state index contributed by atoms with van der Waals surface area (Å²) in [7, 11) is 1.84. The van der Waals surface area contributed by atoms with Crippen LogP contribution >= 0.6 is 0 Å². The Morgan fingerprint density at radius 2 is 1.58 bits per heavy atom. The molecule has 26 heavy (non-hydrogen) atoms. The molecule has 2 amide bonds. The summed E-state index contributed by atoms with van der Waals surface area (Å²) < 4.78 is 1.86. The fourth-order valence-corrected chi connectivity index (χ4v) is 3.88. The average molecular weight is 342 g/mol. The summed E-state index contributed by atoms with van der Waals surface area (Å²) in [6, 6.07) is 17.9. The molecule has 1 aliphatic rings. The number of aryl methyl sites for hydroxylation is 1. The Bertz CT molecular complexity index is 1240. The number of carbonyl (C=O) groups is 2. The molecule has 126 valence electrons. The van der Waals surface area contributed by atoms with Gasteiger partial charge in [0.2, 0.25) is 0 Å². The summed E-state index contributed by atoms with van der Waals surface area (Å²) in [5.41, 5.74) is 2.56. The van der Waals surface area contributed by atoms with Crippen LogP contribution in [0.25, 0.3) is 21.8 Å². The monoisotopic (exact) mass is 342 g/mol. The van der Waals surface area contributed by atoms with Crippen molar-refractivity contribution >= 4 is 39.3 Å². The van der Waals surface area contributed by atoms with Crippen molar-refractivity contribution < 1.29 is 14.7 Å². The molecule has 0 unspecified atom stereocenters. The first-order chi connectivity index (χ1) is 12.6. The molecule has 0 spiro atoms. The molecule has 5 nitrogen and oxygen atoms in total. The van der Waals surface area contributed by atoms with Crippen molar-refractivity contribution in [2.75, 3.05) is 4.90 Å². The number of phenols is 1. The molecule has 0 bridgehead atoms. The van der Waals surface area contributed by atoms with Gasteiger partial charge in [0.15, 0.2) is 0 Å². The molecule has 0 aliphatic carbocycles. The first-order valence-electron chi connectivity index (χ1n) is 8.26. The number of phenolic OH excluding ortho intramolecular Hbond substituents is 1. The van der Waals surface area contributed by atoms with Gasteiger partial charge in [-0.25, -0.2) is 4.90 Å². The van der Waals surface area contributed by atoms with Crippen molar-refractivity contribution in [3.05, 3.63) is 71.8 Å². The maximum absolute atomic E-state index is 13.2. The number of hydrogen-bond acceptors (Lipinski definition) is 3. The molecule has 0 radical (unpaired) electrons. The molecular weight excluding hydrogens is 328 g/mol. The van der Waals surface area contributed by atoms with Crippen molar-refractivity contribution in [1.82, 2.24) is 4.57 Å². The summed E-state index contributed by atoms with van der Waals surface area (Å²) in [4.78, 5) is 27.3. The Balaban J connectivity index is 1.89. The lowest BCUT2D eigenvalue weighted by Gasteiger charge is -2.13. The number of aromatic nitrogens is 1. The van der Waals surface area contributed by atoms with E-state index in [0.717, 1.165) is 10.9 Å². The predicted octanol–water partition coefficient (Wildman–Crippen LogP) is 3.84. The molecule has 1 aromatic heterocycles. The van der Waals surface area contributed by atoms with E-state index >= 15 is 0 Å². The number of nitrogens with zero attached hydrogens (tertiary/aromatic N) is 2. The van der Waals surface area contributed by atoms with Crippen LogP contribution in [0.2, 0.25) is 0 Å². The highest BCUT2D eigenvalue weighted by molar-refractivity contribution is 6.38. The van der Waals surface area contributed by atoms with E-state index in [4.69, 9.17) is 0 Å². The van der Waals surface area contributed by atoms with Gasteiger partial charge >= 0.3 is 0 Å². The second-order valence-electron chi connectivity index (χ2n) is 6.40. The zero-order chi connectivity index (χ0) is 18.0. The Morgan fingerprint density at radius 3 is 2.35 bits per heavy atom. The first kappa shape index (κ1) is 14.7. The number of aromatic hydroxyl groups is 1. The van der Waals surface area contributed by atoms with Crippen LogP contribution in [0.15, 0.2) is 60.7 Å². The lowest BCUT2D eigenvalue weighted by molar-refractivity contribution is 0.0926. The molecule has 5 heteroatoms. The Morgan fingerprint density at radius 1 is 0.885 bits per heavy atom. The highest BCUT2D eigenvalue weighted by Crippen LogP contribution is 2.42. The molecule has 3 aromatic carbocycles. The molecule has 0 saturated carbocycles. The van der Waals surface area contributed by atoms with Gasteiger partial charge in [0.05, 0.1) is 27.7 Å². The molecule has 1 aliphatic heterocycles. The van der Waals surface area contributed by atoms with E-state index in [2.05, 4.69) is 0 Å². The minimum Gasteiger partial charge on any atom is -0.507 e. The van der Waals surface area contributed by atoms with Crippen LogP contribution in [0.4, 0.5) is 5.69 Å². The van der Waals surface area contributed by atoms with Gasteiger partial charge in [0.25, 0.3) is 11.8 Å². The van der Waals surface area contributed by atoms with Gasteiger partial charge in [-0.1, -0.05) is 36.4 Å². The number of imide groups is 1. The van der Waals surface area contributed by atoms with Crippen molar-refractivity contribution in [2.45, 2.75) is 0 Å². The summed E-state index contributed by atoms with van der Waals surface area (Å²) >= 11 is 0. The van der Waals surface area contributed by atoms with Gasteiger partial charge < -0.3 is 9.67 Å². The number of carbonyl (C=O) groups excluding carboxylic acids is 2. The number of benzene rings is 3. The first-order valence-corrected chi connectivity index (χ1v) is 8.26. The number of rotatable bonds is 1. The number of fused-ring (bicyclic) bond motifs is 5. The zero-order valence-corrected chi connectivity index (χ0v) is 13.9. The number of amides is 2. The van der Waals surface area contributed by atoms with Crippen LogP contribution in [0.5, 0.6) is 5.75 Å². The van der Waals surface area contributed by atoms with Crippen LogP contribution in [-0.2, 0) is 7.05 Å². The van der Waals surface area contributed by atoms with Crippen LogP contribution < -0.4 is 4.90 Å². The average Bonchev–Trinajstić information content (AvgIpc) is 3.09. The van der Waals surface area contributed by atoms with Crippen molar-refractivity contribution in [3.63, 3.8) is 0 Å². The molecule has 2 heterocycles. The second-order valence-corrected chi connectivity index (χ2v) is 6.40. The topological polar surface area (TPSA) is 62.5 Å². The van der Waals surface area contributed by atoms with E-state index in [-0.39, 0.29) is 17.2 Å². The van der Waals surface area contributed by atoms with Gasteiger partial charge in [-0.15, -0.1) is 0 Å². The fourth-order valence-electron chi connectivity index (χ4n) is 3.88. The maximum Gasteiger partial charge on any atom is 0.268 e. The van der Waals surface area contributed by atoms with E-state index in [1.54, 1.807) is 24.3 Å². The summed E-state index contributed by atoms with van der Waals surface area (Å²) in [5.74, 6) is -0.780. The Labute approximate surface area is 148 Å². The lowest BCUT2D eigenvalue weighted by atomic mass is 10.0. The molecule has 5 rings (SSSR count). The van der Waals surface area contributed by atoms with Gasteiger partial charge in [-0.2, -0.15) is 0 Å². The van der Waals surface area contributed by atoms with Crippen molar-refractivity contribution in [1.29, 1.82) is 0 Å². The second kappa shape index (κ2) is 4.95. The lowest BCUT2D eigenvalue weighted by Crippen LogP contribution is -2.29. The molecular formula is C21H14N2O3. The van der Waals surface area contributed by atoms with Gasteiger partial charge in [-0.3, -0.25) is 9.59 Å². The third kappa shape index (κ3) is 1.69. The summed E-state index contributed by atoms with van der Waals surface area (Å²) in [6.45, 7) is 0. The fraction of sp³-hybridized carbons (Fsp3) is 0.0476. The number of hydrogen-bond donors (Lipinski definition) is 1. The Hall–Kier alpha value is -3.60. The SMILES string of the molecule is Cn1c2ccccc2c2c(O)cc3c(c21)C(=O)N(c1ccccc1)C3=O. The molecule has 0 saturated heterocycles. The minimum atomic E-state index is -0.418. The summed E-state index contributed by atoms with van der Waals surface area (Å²) in [5, 5.41) is 12.1. The van der Waals surface area contributed by atoms with E-state index in [1.165, 1.54) is 11.0 Å². The molecule has 0 fully saturated rings. The molecule has 1 N–H and O–H groups in total. The highest BCUT2D eigenvalue weighted by atomic mass is 16.3. The van der Waals surface area contributed by atoms with Crippen LogP contribution in [0.1, 0.15) is 20.7 Å². The molecule has 4 aromatic rings. The normalized spacial score (nSPS) is 13.8. The Kier molecular flexibility index (Phi) is 2.80. The highest BCUT2D eigenvalue weighted by Gasteiger charge is 2.40.